The molecule has 0 unspecified atom stereocenters. The van der Waals surface area contributed by atoms with Crippen molar-refractivity contribution in [3.63, 3.8) is 0 Å². The zero-order valence-electron chi connectivity index (χ0n) is 19.5. The summed E-state index contributed by atoms with van der Waals surface area (Å²) in [5.74, 6) is 0.933. The maximum atomic E-state index is 13.5. The number of hydrogen-bond acceptors (Lipinski definition) is 3. The molecular weight excluding hydrogens is 508 g/mol. The summed E-state index contributed by atoms with van der Waals surface area (Å²) in [4.78, 5) is 28.6. The zero-order valence-corrected chi connectivity index (χ0v) is 21.9. The molecule has 0 saturated heterocycles. The van der Waals surface area contributed by atoms with Crippen molar-refractivity contribution in [1.82, 2.24) is 10.2 Å². The molecule has 3 aromatic carbocycles. The van der Waals surface area contributed by atoms with E-state index < -0.39 is 6.04 Å². The highest BCUT2D eigenvalue weighted by atomic mass is 79.9. The van der Waals surface area contributed by atoms with E-state index in [2.05, 4.69) is 33.4 Å². The third-order valence-electron chi connectivity index (χ3n) is 5.42. The van der Waals surface area contributed by atoms with Crippen LogP contribution in [0.2, 0.25) is 0 Å². The van der Waals surface area contributed by atoms with Gasteiger partial charge in [-0.05, 0) is 35.2 Å². The van der Waals surface area contributed by atoms with Gasteiger partial charge in [-0.1, -0.05) is 95.7 Å². The molecule has 0 radical (unpaired) electrons. The van der Waals surface area contributed by atoms with Crippen LogP contribution in [0.4, 0.5) is 0 Å². The van der Waals surface area contributed by atoms with Crippen LogP contribution >= 0.6 is 27.7 Å². The molecule has 0 saturated carbocycles. The molecule has 6 heteroatoms. The second kappa shape index (κ2) is 14.0. The summed E-state index contributed by atoms with van der Waals surface area (Å²) < 4.78 is 0.981. The van der Waals surface area contributed by atoms with Gasteiger partial charge in [0.15, 0.2) is 0 Å². The van der Waals surface area contributed by atoms with Crippen molar-refractivity contribution in [3.8, 4) is 0 Å². The molecule has 0 fully saturated rings. The molecule has 3 rings (SSSR count). The smallest absolute Gasteiger partial charge is 0.243 e. The highest BCUT2D eigenvalue weighted by Gasteiger charge is 2.30. The van der Waals surface area contributed by atoms with Gasteiger partial charge in [0.05, 0.1) is 5.75 Å². The van der Waals surface area contributed by atoms with Crippen LogP contribution in [0.15, 0.2) is 89.4 Å². The van der Waals surface area contributed by atoms with E-state index in [0.29, 0.717) is 25.3 Å². The highest BCUT2D eigenvalue weighted by molar-refractivity contribution is 9.10. The summed E-state index contributed by atoms with van der Waals surface area (Å²) in [6.45, 7) is 3.00. The quantitative estimate of drug-likeness (QED) is 0.314. The Labute approximate surface area is 215 Å². The molecule has 2 amide bonds. The van der Waals surface area contributed by atoms with Crippen LogP contribution in [-0.4, -0.2) is 35.1 Å². The Morgan fingerprint density at radius 2 is 1.50 bits per heavy atom. The van der Waals surface area contributed by atoms with Crippen LogP contribution in [0.3, 0.4) is 0 Å². The highest BCUT2D eigenvalue weighted by Crippen LogP contribution is 2.19. The normalized spacial score (nSPS) is 11.6. The first kappa shape index (κ1) is 26.0. The lowest BCUT2D eigenvalue weighted by Gasteiger charge is -2.31. The molecule has 0 heterocycles. The predicted molar refractivity (Wildman–Crippen MR) is 145 cm³/mol. The standard InChI is InChI=1S/C28H31BrN2O2S/c1-2-17-30-28(33)26(18-22-9-5-3-6-10-22)31(19-23-13-15-25(29)16-14-23)27(32)21-34-20-24-11-7-4-8-12-24/h3-16,26H,2,17-21H2,1H3,(H,30,33)/t26-/m1/s1. The topological polar surface area (TPSA) is 49.4 Å². The molecule has 0 aliphatic rings. The molecule has 178 valence electrons. The van der Waals surface area contributed by atoms with E-state index in [1.54, 1.807) is 16.7 Å². The number of rotatable bonds is 12. The second-order valence-corrected chi connectivity index (χ2v) is 10.0. The van der Waals surface area contributed by atoms with Crippen molar-refractivity contribution in [2.75, 3.05) is 12.3 Å². The fraction of sp³-hybridized carbons (Fsp3) is 0.286. The number of carbonyl (C=O) groups excluding carboxylic acids is 2. The monoisotopic (exact) mass is 538 g/mol. The minimum Gasteiger partial charge on any atom is -0.354 e. The Bertz CT molecular complexity index is 1030. The maximum Gasteiger partial charge on any atom is 0.243 e. The molecule has 0 spiro atoms. The van der Waals surface area contributed by atoms with Crippen LogP contribution in [0.5, 0.6) is 0 Å². The van der Waals surface area contributed by atoms with Gasteiger partial charge in [0.1, 0.15) is 6.04 Å². The van der Waals surface area contributed by atoms with Gasteiger partial charge in [-0.25, -0.2) is 0 Å². The summed E-state index contributed by atoms with van der Waals surface area (Å²) in [7, 11) is 0. The Hall–Kier alpha value is -2.57. The summed E-state index contributed by atoms with van der Waals surface area (Å²) >= 11 is 5.05. The molecule has 0 bridgehead atoms. The van der Waals surface area contributed by atoms with Gasteiger partial charge in [0, 0.05) is 29.7 Å². The van der Waals surface area contributed by atoms with Gasteiger partial charge in [-0.15, -0.1) is 11.8 Å². The lowest BCUT2D eigenvalue weighted by molar-refractivity contribution is -0.139. The lowest BCUT2D eigenvalue weighted by Crippen LogP contribution is -2.51. The van der Waals surface area contributed by atoms with Gasteiger partial charge >= 0.3 is 0 Å². The van der Waals surface area contributed by atoms with Gasteiger partial charge in [0.2, 0.25) is 11.8 Å². The molecule has 0 aromatic heterocycles. The third kappa shape index (κ3) is 8.33. The number of nitrogens with zero attached hydrogens (tertiary/aromatic N) is 1. The van der Waals surface area contributed by atoms with Crippen molar-refractivity contribution >= 4 is 39.5 Å². The van der Waals surface area contributed by atoms with Crippen LogP contribution in [-0.2, 0) is 28.3 Å². The largest absolute Gasteiger partial charge is 0.354 e. The summed E-state index contributed by atoms with van der Waals surface area (Å²) in [6, 6.07) is 27.4. The number of nitrogens with one attached hydrogen (secondary N) is 1. The molecule has 1 atom stereocenters. The number of amides is 2. The molecule has 34 heavy (non-hydrogen) atoms. The number of benzene rings is 3. The zero-order chi connectivity index (χ0) is 24.2. The predicted octanol–water partition coefficient (Wildman–Crippen LogP) is 5.85. The summed E-state index contributed by atoms with van der Waals surface area (Å²) in [5, 5.41) is 3.02. The first-order chi connectivity index (χ1) is 16.6. The van der Waals surface area contributed by atoms with Crippen LogP contribution < -0.4 is 5.32 Å². The molecule has 0 aliphatic heterocycles. The van der Waals surface area contributed by atoms with Gasteiger partial charge < -0.3 is 10.2 Å². The van der Waals surface area contributed by atoms with E-state index in [1.807, 2.05) is 79.7 Å². The van der Waals surface area contributed by atoms with Crippen molar-refractivity contribution in [2.45, 2.75) is 38.1 Å². The summed E-state index contributed by atoms with van der Waals surface area (Å²) in [6.07, 6.45) is 1.32. The minimum atomic E-state index is -0.581. The number of halogens is 1. The number of thioether (sulfide) groups is 1. The van der Waals surface area contributed by atoms with Crippen molar-refractivity contribution in [1.29, 1.82) is 0 Å². The van der Waals surface area contributed by atoms with E-state index in [1.165, 1.54) is 5.56 Å². The second-order valence-electron chi connectivity index (χ2n) is 8.12. The van der Waals surface area contributed by atoms with E-state index in [0.717, 1.165) is 27.8 Å². The SMILES string of the molecule is CCCNC(=O)[C@@H](Cc1ccccc1)N(Cc1ccc(Br)cc1)C(=O)CSCc1ccccc1. The van der Waals surface area contributed by atoms with E-state index in [-0.39, 0.29) is 11.8 Å². The van der Waals surface area contributed by atoms with E-state index in [9.17, 15) is 9.59 Å². The molecule has 3 aromatic rings. The van der Waals surface area contributed by atoms with Crippen LogP contribution in [0.25, 0.3) is 0 Å². The molecule has 4 nitrogen and oxygen atoms in total. The van der Waals surface area contributed by atoms with Crippen LogP contribution in [0, 0.1) is 0 Å². The molecular formula is C28H31BrN2O2S. The average molecular weight is 540 g/mol. The average Bonchev–Trinajstić information content (AvgIpc) is 2.87. The van der Waals surface area contributed by atoms with Gasteiger partial charge in [-0.3, -0.25) is 9.59 Å². The van der Waals surface area contributed by atoms with E-state index >= 15 is 0 Å². The van der Waals surface area contributed by atoms with Gasteiger partial charge in [-0.2, -0.15) is 0 Å². The Morgan fingerprint density at radius 1 is 0.882 bits per heavy atom. The van der Waals surface area contributed by atoms with Crippen molar-refractivity contribution in [2.24, 2.45) is 0 Å². The first-order valence-corrected chi connectivity index (χ1v) is 13.5. The molecule has 1 N–H and O–H groups in total. The fourth-order valence-corrected chi connectivity index (χ4v) is 4.75. The Balaban J connectivity index is 1.82. The maximum absolute atomic E-state index is 13.5. The van der Waals surface area contributed by atoms with Crippen LogP contribution in [0.1, 0.15) is 30.0 Å². The minimum absolute atomic E-state index is 0.0311. The Morgan fingerprint density at radius 3 is 2.12 bits per heavy atom. The van der Waals surface area contributed by atoms with Crippen molar-refractivity contribution < 1.29 is 9.59 Å². The first-order valence-electron chi connectivity index (χ1n) is 11.5. The molecule has 0 aliphatic carbocycles. The van der Waals surface area contributed by atoms with Crippen molar-refractivity contribution in [3.05, 3.63) is 106 Å². The Kier molecular flexibility index (Phi) is 10.7. The fourth-order valence-electron chi connectivity index (χ4n) is 3.62. The van der Waals surface area contributed by atoms with E-state index in [4.69, 9.17) is 0 Å². The number of hydrogen-bond donors (Lipinski definition) is 1. The third-order valence-corrected chi connectivity index (χ3v) is 6.94. The summed E-state index contributed by atoms with van der Waals surface area (Å²) in [5.41, 5.74) is 3.21. The lowest BCUT2D eigenvalue weighted by atomic mass is 10.0. The number of carbonyl (C=O) groups is 2. The van der Waals surface area contributed by atoms with Gasteiger partial charge in [0.25, 0.3) is 0 Å².